The van der Waals surface area contributed by atoms with E-state index >= 15 is 0 Å². The van der Waals surface area contributed by atoms with Gasteiger partial charge in [0.1, 0.15) is 29.7 Å². The maximum absolute atomic E-state index is 14.5. The molecular formula is C21H22ClFN4O3. The normalized spacial score (nSPS) is 26.1. The number of ether oxygens (including phenoxy) is 1. The third-order valence-electron chi connectivity index (χ3n) is 6.07. The van der Waals surface area contributed by atoms with Crippen LogP contribution in [-0.2, 0) is 13.0 Å². The predicted molar refractivity (Wildman–Crippen MR) is 111 cm³/mol. The van der Waals surface area contributed by atoms with Crippen molar-refractivity contribution in [3.63, 3.8) is 0 Å². The van der Waals surface area contributed by atoms with Crippen LogP contribution in [0.3, 0.4) is 0 Å². The van der Waals surface area contributed by atoms with Crippen molar-refractivity contribution in [1.29, 1.82) is 0 Å². The molecular weight excluding hydrogens is 411 g/mol. The minimum atomic E-state index is -1.15. The summed E-state index contributed by atoms with van der Waals surface area (Å²) in [6, 6.07) is 4.57. The molecule has 158 valence electrons. The Bertz CT molecular complexity index is 1120. The summed E-state index contributed by atoms with van der Waals surface area (Å²) in [4.78, 5) is 4.23. The number of halogens is 2. The van der Waals surface area contributed by atoms with Gasteiger partial charge in [-0.05, 0) is 36.7 Å². The number of hydrogen-bond donors (Lipinski definition) is 4. The van der Waals surface area contributed by atoms with E-state index in [-0.39, 0.29) is 17.5 Å². The molecule has 0 amide bonds. The van der Waals surface area contributed by atoms with E-state index in [1.807, 2.05) is 6.07 Å². The van der Waals surface area contributed by atoms with Crippen molar-refractivity contribution >= 4 is 28.3 Å². The van der Waals surface area contributed by atoms with Gasteiger partial charge in [-0.15, -0.1) is 0 Å². The Labute approximate surface area is 177 Å². The van der Waals surface area contributed by atoms with Crippen molar-refractivity contribution in [3.8, 4) is 5.75 Å². The first-order chi connectivity index (χ1) is 14.4. The second-order valence-electron chi connectivity index (χ2n) is 7.89. The number of aromatic nitrogens is 2. The topological polar surface area (TPSA) is 106 Å². The number of nitrogens with one attached hydrogen (secondary N) is 1. The zero-order valence-electron chi connectivity index (χ0n) is 16.1. The number of rotatable bonds is 3. The third-order valence-corrected chi connectivity index (χ3v) is 6.29. The smallest absolute Gasteiger partial charge is 0.152 e. The first-order valence-electron chi connectivity index (χ1n) is 9.89. The highest BCUT2D eigenvalue weighted by molar-refractivity contribution is 6.30. The summed E-state index contributed by atoms with van der Waals surface area (Å²) in [7, 11) is 0. The van der Waals surface area contributed by atoms with Gasteiger partial charge >= 0.3 is 0 Å². The quantitative estimate of drug-likeness (QED) is 0.505. The standard InChI is InChI=1S/C21H22ClFN4O3/c22-11-5-10-1-3-25-8-12(10)16(6-11)30-17-7-15(19(28)20(17)29)27-9-13(23)18-14(24)2-4-26-21(18)27/h2,4-6,9,15,17,19-20,25,28-29H,1,3,7-8H2,(H2,24,26)/t15-,17+,19+,20-/m1/s1. The molecule has 5 rings (SSSR count). The number of hydrogen-bond acceptors (Lipinski definition) is 6. The average Bonchev–Trinajstić information content (AvgIpc) is 3.20. The molecule has 1 aromatic carbocycles. The van der Waals surface area contributed by atoms with Crippen LogP contribution < -0.4 is 15.8 Å². The van der Waals surface area contributed by atoms with Gasteiger partial charge in [0.25, 0.3) is 0 Å². The van der Waals surface area contributed by atoms with Gasteiger partial charge in [0.2, 0.25) is 0 Å². The fourth-order valence-corrected chi connectivity index (χ4v) is 4.79. The molecule has 7 nitrogen and oxygen atoms in total. The monoisotopic (exact) mass is 432 g/mol. The second-order valence-corrected chi connectivity index (χ2v) is 8.33. The van der Waals surface area contributed by atoms with E-state index in [2.05, 4.69) is 10.3 Å². The number of nitrogen functional groups attached to an aromatic ring is 1. The number of nitrogens with two attached hydrogens (primary N) is 1. The lowest BCUT2D eigenvalue weighted by molar-refractivity contribution is -0.0166. The maximum atomic E-state index is 14.5. The summed E-state index contributed by atoms with van der Waals surface area (Å²) in [6.45, 7) is 1.51. The number of fused-ring (bicyclic) bond motifs is 2. The number of aliphatic hydroxyl groups excluding tert-OH is 2. The molecule has 2 aliphatic rings. The molecule has 5 N–H and O–H groups in total. The van der Waals surface area contributed by atoms with E-state index in [1.54, 1.807) is 6.07 Å². The van der Waals surface area contributed by atoms with Crippen molar-refractivity contribution in [3.05, 3.63) is 52.6 Å². The van der Waals surface area contributed by atoms with Crippen LogP contribution in [-0.4, -0.2) is 44.6 Å². The lowest BCUT2D eigenvalue weighted by atomic mass is 10.00. The SMILES string of the molecule is Nc1ccnc2c1c(F)cn2[C@@H]1C[C@H](Oc2cc(Cl)cc3c2CNCC3)[C@@H](O)[C@H]1O. The Balaban J connectivity index is 1.47. The van der Waals surface area contributed by atoms with Crippen LogP contribution in [0.1, 0.15) is 23.6 Å². The van der Waals surface area contributed by atoms with Gasteiger partial charge in [0.05, 0.1) is 11.4 Å². The largest absolute Gasteiger partial charge is 0.487 e. The average molecular weight is 433 g/mol. The van der Waals surface area contributed by atoms with Gasteiger partial charge in [0.15, 0.2) is 5.82 Å². The molecule has 0 bridgehead atoms. The summed E-state index contributed by atoms with van der Waals surface area (Å²) in [5.41, 5.74) is 8.60. The predicted octanol–water partition coefficient (Wildman–Crippen LogP) is 2.17. The first kappa shape index (κ1) is 19.6. The molecule has 3 heterocycles. The van der Waals surface area contributed by atoms with Gasteiger partial charge < -0.3 is 30.6 Å². The molecule has 0 spiro atoms. The summed E-state index contributed by atoms with van der Waals surface area (Å²) < 4.78 is 22.2. The molecule has 1 aliphatic carbocycles. The van der Waals surface area contributed by atoms with Crippen LogP contribution in [0.5, 0.6) is 5.75 Å². The summed E-state index contributed by atoms with van der Waals surface area (Å²) >= 11 is 6.26. The van der Waals surface area contributed by atoms with E-state index in [4.69, 9.17) is 22.1 Å². The molecule has 1 saturated carbocycles. The molecule has 1 aliphatic heterocycles. The highest BCUT2D eigenvalue weighted by atomic mass is 35.5. The van der Waals surface area contributed by atoms with Crippen molar-refractivity contribution in [2.75, 3.05) is 12.3 Å². The van der Waals surface area contributed by atoms with Gasteiger partial charge in [-0.2, -0.15) is 0 Å². The Morgan fingerprint density at radius 1 is 1.30 bits per heavy atom. The number of pyridine rings is 1. The number of anilines is 1. The zero-order valence-corrected chi connectivity index (χ0v) is 16.8. The molecule has 9 heteroatoms. The molecule has 0 radical (unpaired) electrons. The van der Waals surface area contributed by atoms with Crippen molar-refractivity contribution < 1.29 is 19.3 Å². The third kappa shape index (κ3) is 3.11. The fourth-order valence-electron chi connectivity index (χ4n) is 4.56. The first-order valence-corrected chi connectivity index (χ1v) is 10.3. The molecule has 1 fully saturated rings. The van der Waals surface area contributed by atoms with Crippen LogP contribution in [0.2, 0.25) is 5.02 Å². The zero-order chi connectivity index (χ0) is 21.0. The highest BCUT2D eigenvalue weighted by Crippen LogP contribution is 2.39. The van der Waals surface area contributed by atoms with E-state index < -0.39 is 30.2 Å². The highest BCUT2D eigenvalue weighted by Gasteiger charge is 2.45. The van der Waals surface area contributed by atoms with Crippen LogP contribution in [0, 0.1) is 5.82 Å². The van der Waals surface area contributed by atoms with E-state index in [0.717, 1.165) is 24.1 Å². The number of benzene rings is 1. The van der Waals surface area contributed by atoms with Gasteiger partial charge in [-0.1, -0.05) is 11.6 Å². The van der Waals surface area contributed by atoms with E-state index in [0.29, 0.717) is 23.0 Å². The lowest BCUT2D eigenvalue weighted by Crippen LogP contribution is -2.34. The van der Waals surface area contributed by atoms with Gasteiger partial charge in [0, 0.05) is 41.6 Å². The minimum absolute atomic E-state index is 0.207. The van der Waals surface area contributed by atoms with E-state index in [9.17, 15) is 14.6 Å². The molecule has 4 atom stereocenters. The fraction of sp³-hybridized carbons (Fsp3) is 0.381. The Hall–Kier alpha value is -2.39. The lowest BCUT2D eigenvalue weighted by Gasteiger charge is -2.24. The van der Waals surface area contributed by atoms with E-state index in [1.165, 1.54) is 23.0 Å². The van der Waals surface area contributed by atoms with Gasteiger partial charge in [-0.3, -0.25) is 0 Å². The van der Waals surface area contributed by atoms with Crippen molar-refractivity contribution in [2.45, 2.75) is 43.7 Å². The molecule has 30 heavy (non-hydrogen) atoms. The summed E-state index contributed by atoms with van der Waals surface area (Å²) in [5.74, 6) is 0.0733. The minimum Gasteiger partial charge on any atom is -0.487 e. The Kier molecular flexibility index (Phi) is 4.82. The molecule has 0 unspecified atom stereocenters. The Morgan fingerprint density at radius 2 is 2.13 bits per heavy atom. The number of aliphatic hydroxyl groups is 2. The Morgan fingerprint density at radius 3 is 2.97 bits per heavy atom. The van der Waals surface area contributed by atoms with Crippen LogP contribution in [0.4, 0.5) is 10.1 Å². The second kappa shape index (κ2) is 7.39. The number of nitrogens with zero attached hydrogens (tertiary/aromatic N) is 2. The van der Waals surface area contributed by atoms with Crippen LogP contribution in [0.15, 0.2) is 30.6 Å². The molecule has 2 aromatic heterocycles. The maximum Gasteiger partial charge on any atom is 0.152 e. The van der Waals surface area contributed by atoms with Crippen LogP contribution >= 0.6 is 11.6 Å². The van der Waals surface area contributed by atoms with Crippen molar-refractivity contribution in [2.24, 2.45) is 0 Å². The molecule has 0 saturated heterocycles. The van der Waals surface area contributed by atoms with Crippen molar-refractivity contribution in [1.82, 2.24) is 14.9 Å². The summed E-state index contributed by atoms with van der Waals surface area (Å²) in [6.07, 6.45) is 0.885. The van der Waals surface area contributed by atoms with Gasteiger partial charge in [-0.25, -0.2) is 9.37 Å². The summed E-state index contributed by atoms with van der Waals surface area (Å²) in [5, 5.41) is 25.5. The molecule has 3 aromatic rings. The van der Waals surface area contributed by atoms with Crippen LogP contribution in [0.25, 0.3) is 11.0 Å².